The summed E-state index contributed by atoms with van der Waals surface area (Å²) in [5.41, 5.74) is 7.30. The summed E-state index contributed by atoms with van der Waals surface area (Å²) in [4.78, 5) is 11.4. The number of benzene rings is 1. The molecule has 88 valence electrons. The molecule has 1 amide bonds. The highest BCUT2D eigenvalue weighted by molar-refractivity contribution is 5.94. The number of hydrogen-bond acceptors (Lipinski definition) is 3. The maximum absolute atomic E-state index is 11.4. The molecule has 0 saturated heterocycles. The first-order chi connectivity index (χ1) is 7.63. The minimum atomic E-state index is -0.513. The van der Waals surface area contributed by atoms with Gasteiger partial charge in [0.15, 0.2) is 0 Å². The van der Waals surface area contributed by atoms with Crippen molar-refractivity contribution in [2.75, 3.05) is 11.9 Å². The fourth-order valence-corrected chi connectivity index (χ4v) is 1.34. The zero-order valence-corrected chi connectivity index (χ0v) is 9.44. The lowest BCUT2D eigenvalue weighted by Gasteiger charge is -2.09. The summed E-state index contributed by atoms with van der Waals surface area (Å²) in [5, 5.41) is 11.5. The second kappa shape index (κ2) is 6.25. The summed E-state index contributed by atoms with van der Waals surface area (Å²) in [6, 6.07) is 7.06. The van der Waals surface area contributed by atoms with Gasteiger partial charge in [-0.05, 0) is 37.5 Å². The Morgan fingerprint density at radius 1 is 1.56 bits per heavy atom. The maximum atomic E-state index is 11.4. The zero-order chi connectivity index (χ0) is 12.0. The van der Waals surface area contributed by atoms with Crippen molar-refractivity contribution in [1.82, 2.24) is 0 Å². The van der Waals surface area contributed by atoms with E-state index in [0.717, 1.165) is 24.1 Å². The number of carbonyl (C=O) groups is 1. The van der Waals surface area contributed by atoms with Gasteiger partial charge in [-0.1, -0.05) is 12.1 Å². The number of anilines is 1. The van der Waals surface area contributed by atoms with Crippen LogP contribution in [0.4, 0.5) is 5.69 Å². The van der Waals surface area contributed by atoms with Crippen molar-refractivity contribution in [1.29, 1.82) is 0 Å². The van der Waals surface area contributed by atoms with Gasteiger partial charge in [-0.2, -0.15) is 0 Å². The monoisotopic (exact) mass is 222 g/mol. The minimum absolute atomic E-state index is 0.177. The molecule has 0 unspecified atom stereocenters. The molecule has 0 aromatic heterocycles. The molecule has 0 aliphatic carbocycles. The molecule has 1 aromatic carbocycles. The maximum Gasteiger partial charge on any atom is 0.240 e. The predicted octanol–water partition coefficient (Wildman–Crippen LogP) is 0.897. The summed E-state index contributed by atoms with van der Waals surface area (Å²) in [6.07, 6.45) is 1.53. The van der Waals surface area contributed by atoms with E-state index in [0.29, 0.717) is 0 Å². The summed E-state index contributed by atoms with van der Waals surface area (Å²) < 4.78 is 0. The number of aliphatic hydroxyl groups is 1. The van der Waals surface area contributed by atoms with Gasteiger partial charge < -0.3 is 16.2 Å². The molecule has 1 aromatic rings. The molecule has 0 saturated carbocycles. The Morgan fingerprint density at radius 2 is 2.31 bits per heavy atom. The second-order valence-electron chi connectivity index (χ2n) is 3.81. The number of nitrogens with one attached hydrogen (secondary N) is 1. The van der Waals surface area contributed by atoms with E-state index in [9.17, 15) is 4.79 Å². The Labute approximate surface area is 95.5 Å². The van der Waals surface area contributed by atoms with E-state index in [1.807, 2.05) is 24.3 Å². The Kier molecular flexibility index (Phi) is 4.95. The van der Waals surface area contributed by atoms with Crippen molar-refractivity contribution in [3.8, 4) is 0 Å². The molecular weight excluding hydrogens is 204 g/mol. The van der Waals surface area contributed by atoms with E-state index in [4.69, 9.17) is 10.8 Å². The third kappa shape index (κ3) is 4.00. The molecule has 1 rings (SSSR count). The van der Waals surface area contributed by atoms with Gasteiger partial charge in [0, 0.05) is 12.3 Å². The minimum Gasteiger partial charge on any atom is -0.396 e. The fraction of sp³-hybridized carbons (Fsp3) is 0.417. The van der Waals surface area contributed by atoms with Gasteiger partial charge in [-0.15, -0.1) is 0 Å². The van der Waals surface area contributed by atoms with Crippen LogP contribution in [0.25, 0.3) is 0 Å². The SMILES string of the molecule is C[C@H](N)C(=O)Nc1cccc(CCCO)c1. The molecule has 0 bridgehead atoms. The lowest BCUT2D eigenvalue weighted by Crippen LogP contribution is -2.32. The van der Waals surface area contributed by atoms with E-state index in [-0.39, 0.29) is 12.5 Å². The first-order valence-corrected chi connectivity index (χ1v) is 5.39. The van der Waals surface area contributed by atoms with E-state index < -0.39 is 6.04 Å². The van der Waals surface area contributed by atoms with E-state index in [2.05, 4.69) is 5.32 Å². The number of hydrogen-bond donors (Lipinski definition) is 3. The van der Waals surface area contributed by atoms with E-state index in [1.165, 1.54) is 0 Å². The molecule has 0 aliphatic heterocycles. The summed E-state index contributed by atoms with van der Waals surface area (Å²) in [6.45, 7) is 1.82. The Morgan fingerprint density at radius 3 is 2.94 bits per heavy atom. The summed E-state index contributed by atoms with van der Waals surface area (Å²) >= 11 is 0. The summed E-state index contributed by atoms with van der Waals surface area (Å²) in [5.74, 6) is -0.195. The molecule has 4 nitrogen and oxygen atoms in total. The zero-order valence-electron chi connectivity index (χ0n) is 9.44. The highest BCUT2D eigenvalue weighted by Gasteiger charge is 2.07. The highest BCUT2D eigenvalue weighted by Crippen LogP contribution is 2.12. The van der Waals surface area contributed by atoms with E-state index in [1.54, 1.807) is 6.92 Å². The molecule has 0 fully saturated rings. The molecule has 0 radical (unpaired) electrons. The van der Waals surface area contributed by atoms with Crippen LogP contribution in [0, 0.1) is 0 Å². The van der Waals surface area contributed by atoms with Crippen LogP contribution in [-0.4, -0.2) is 23.7 Å². The van der Waals surface area contributed by atoms with Crippen LogP contribution < -0.4 is 11.1 Å². The lowest BCUT2D eigenvalue weighted by molar-refractivity contribution is -0.117. The average molecular weight is 222 g/mol. The third-order valence-electron chi connectivity index (χ3n) is 2.23. The predicted molar refractivity (Wildman–Crippen MR) is 64.1 cm³/mol. The number of nitrogens with two attached hydrogens (primary N) is 1. The molecule has 4 heteroatoms. The normalized spacial score (nSPS) is 12.2. The molecule has 16 heavy (non-hydrogen) atoms. The Hall–Kier alpha value is -1.39. The van der Waals surface area contributed by atoms with Gasteiger partial charge in [0.1, 0.15) is 0 Å². The number of carbonyl (C=O) groups excluding carboxylic acids is 1. The first-order valence-electron chi connectivity index (χ1n) is 5.39. The Bertz CT molecular complexity index is 351. The smallest absolute Gasteiger partial charge is 0.240 e. The van der Waals surface area contributed by atoms with Crippen molar-refractivity contribution < 1.29 is 9.90 Å². The number of aryl methyl sites for hydroxylation is 1. The number of rotatable bonds is 5. The van der Waals surface area contributed by atoms with Crippen LogP contribution in [0.1, 0.15) is 18.9 Å². The van der Waals surface area contributed by atoms with Crippen LogP contribution in [0.15, 0.2) is 24.3 Å². The molecular formula is C12H18N2O2. The van der Waals surface area contributed by atoms with Crippen LogP contribution >= 0.6 is 0 Å². The van der Waals surface area contributed by atoms with Crippen LogP contribution in [0.5, 0.6) is 0 Å². The summed E-state index contributed by atoms with van der Waals surface area (Å²) in [7, 11) is 0. The highest BCUT2D eigenvalue weighted by atomic mass is 16.2. The van der Waals surface area contributed by atoms with Gasteiger partial charge in [-0.3, -0.25) is 4.79 Å². The fourth-order valence-electron chi connectivity index (χ4n) is 1.34. The van der Waals surface area contributed by atoms with Gasteiger partial charge in [0.2, 0.25) is 5.91 Å². The van der Waals surface area contributed by atoms with Crippen molar-refractivity contribution in [3.63, 3.8) is 0 Å². The quantitative estimate of drug-likeness (QED) is 0.692. The second-order valence-corrected chi connectivity index (χ2v) is 3.81. The van der Waals surface area contributed by atoms with Crippen LogP contribution in [0.3, 0.4) is 0 Å². The lowest BCUT2D eigenvalue weighted by atomic mass is 10.1. The number of aliphatic hydroxyl groups excluding tert-OH is 1. The van der Waals surface area contributed by atoms with Gasteiger partial charge >= 0.3 is 0 Å². The Balaban J connectivity index is 2.63. The van der Waals surface area contributed by atoms with Crippen molar-refractivity contribution >= 4 is 11.6 Å². The van der Waals surface area contributed by atoms with Crippen molar-refractivity contribution in [3.05, 3.63) is 29.8 Å². The third-order valence-corrected chi connectivity index (χ3v) is 2.23. The average Bonchev–Trinajstić information content (AvgIpc) is 2.26. The van der Waals surface area contributed by atoms with Crippen LogP contribution in [-0.2, 0) is 11.2 Å². The van der Waals surface area contributed by atoms with Crippen molar-refractivity contribution in [2.24, 2.45) is 5.73 Å². The van der Waals surface area contributed by atoms with Crippen LogP contribution in [0.2, 0.25) is 0 Å². The standard InChI is InChI=1S/C12H18N2O2/c1-9(13)12(16)14-11-6-2-4-10(8-11)5-3-7-15/h2,4,6,8-9,15H,3,5,7,13H2,1H3,(H,14,16)/t9-/m0/s1. The molecule has 0 heterocycles. The number of amides is 1. The molecule has 1 atom stereocenters. The van der Waals surface area contributed by atoms with Gasteiger partial charge in [0.05, 0.1) is 6.04 Å². The molecule has 4 N–H and O–H groups in total. The first kappa shape index (κ1) is 12.7. The largest absolute Gasteiger partial charge is 0.396 e. The van der Waals surface area contributed by atoms with Gasteiger partial charge in [0.25, 0.3) is 0 Å². The molecule has 0 aliphatic rings. The molecule has 0 spiro atoms. The van der Waals surface area contributed by atoms with Crippen molar-refractivity contribution in [2.45, 2.75) is 25.8 Å². The van der Waals surface area contributed by atoms with Gasteiger partial charge in [-0.25, -0.2) is 0 Å². The van der Waals surface area contributed by atoms with E-state index >= 15 is 0 Å². The topological polar surface area (TPSA) is 75.4 Å².